The van der Waals surface area contributed by atoms with E-state index >= 15 is 0 Å². The number of hydrogen-bond donors (Lipinski definition) is 0. The Morgan fingerprint density at radius 1 is 1.53 bits per heavy atom. The SMILES string of the molecule is Cc1ccc(OCC2CC2)c([N+](=O)[O-])c1. The first kappa shape index (κ1) is 9.96. The molecule has 0 bridgehead atoms. The predicted molar refractivity (Wildman–Crippen MR) is 56.1 cm³/mol. The molecular weight excluding hydrogens is 194 g/mol. The topological polar surface area (TPSA) is 52.4 Å². The number of aryl methyl sites for hydroxylation is 1. The fourth-order valence-corrected chi connectivity index (χ4v) is 1.38. The molecule has 0 saturated heterocycles. The van der Waals surface area contributed by atoms with Crippen molar-refractivity contribution in [2.75, 3.05) is 6.61 Å². The molecular formula is C11H13NO3. The Morgan fingerprint density at radius 2 is 2.27 bits per heavy atom. The van der Waals surface area contributed by atoms with Gasteiger partial charge in [0.25, 0.3) is 0 Å². The molecule has 0 spiro atoms. The van der Waals surface area contributed by atoms with Gasteiger partial charge in [0.2, 0.25) is 0 Å². The van der Waals surface area contributed by atoms with Crippen LogP contribution in [0.2, 0.25) is 0 Å². The first-order chi connectivity index (χ1) is 7.16. The van der Waals surface area contributed by atoms with Gasteiger partial charge in [-0.1, -0.05) is 6.07 Å². The first-order valence-corrected chi connectivity index (χ1v) is 5.04. The average Bonchev–Trinajstić information content (AvgIpc) is 2.99. The monoisotopic (exact) mass is 207 g/mol. The standard InChI is InChI=1S/C11H13NO3/c1-8-2-5-11(10(6-8)12(13)14)15-7-9-3-4-9/h2,5-6,9H,3-4,7H2,1H3. The summed E-state index contributed by atoms with van der Waals surface area (Å²) in [6, 6.07) is 5.05. The van der Waals surface area contributed by atoms with Crippen molar-refractivity contribution in [1.29, 1.82) is 0 Å². The molecule has 1 aliphatic carbocycles. The third kappa shape index (κ3) is 2.46. The van der Waals surface area contributed by atoms with E-state index in [0.717, 1.165) is 5.56 Å². The zero-order valence-electron chi connectivity index (χ0n) is 8.60. The largest absolute Gasteiger partial charge is 0.487 e. The van der Waals surface area contributed by atoms with Gasteiger partial charge in [0.1, 0.15) is 0 Å². The Balaban J connectivity index is 2.15. The minimum Gasteiger partial charge on any atom is -0.487 e. The summed E-state index contributed by atoms with van der Waals surface area (Å²) in [6.07, 6.45) is 2.36. The molecule has 0 aromatic heterocycles. The van der Waals surface area contributed by atoms with Gasteiger partial charge in [0, 0.05) is 6.07 Å². The Kier molecular flexibility index (Phi) is 2.58. The molecule has 80 valence electrons. The van der Waals surface area contributed by atoms with Gasteiger partial charge in [0.15, 0.2) is 5.75 Å². The summed E-state index contributed by atoms with van der Waals surface area (Å²) in [6.45, 7) is 2.43. The van der Waals surface area contributed by atoms with Gasteiger partial charge in [-0.15, -0.1) is 0 Å². The van der Waals surface area contributed by atoms with E-state index in [1.54, 1.807) is 12.1 Å². The van der Waals surface area contributed by atoms with Gasteiger partial charge in [0.05, 0.1) is 11.5 Å². The lowest BCUT2D eigenvalue weighted by Crippen LogP contribution is -2.02. The molecule has 4 nitrogen and oxygen atoms in total. The lowest BCUT2D eigenvalue weighted by molar-refractivity contribution is -0.385. The Hall–Kier alpha value is -1.58. The van der Waals surface area contributed by atoms with E-state index in [9.17, 15) is 10.1 Å². The van der Waals surface area contributed by atoms with E-state index in [1.807, 2.05) is 13.0 Å². The van der Waals surface area contributed by atoms with Crippen LogP contribution in [0.5, 0.6) is 5.75 Å². The molecule has 0 amide bonds. The maximum atomic E-state index is 10.8. The molecule has 15 heavy (non-hydrogen) atoms. The van der Waals surface area contributed by atoms with Gasteiger partial charge in [-0.05, 0) is 37.3 Å². The fourth-order valence-electron chi connectivity index (χ4n) is 1.38. The molecule has 1 saturated carbocycles. The van der Waals surface area contributed by atoms with Crippen molar-refractivity contribution in [2.45, 2.75) is 19.8 Å². The highest BCUT2D eigenvalue weighted by Crippen LogP contribution is 2.32. The number of benzene rings is 1. The molecule has 0 atom stereocenters. The minimum absolute atomic E-state index is 0.0654. The number of hydrogen-bond acceptors (Lipinski definition) is 3. The summed E-state index contributed by atoms with van der Waals surface area (Å²) < 4.78 is 5.44. The van der Waals surface area contributed by atoms with E-state index in [2.05, 4.69) is 0 Å². The smallest absolute Gasteiger partial charge is 0.311 e. The molecule has 1 aromatic carbocycles. The normalized spacial score (nSPS) is 15.0. The maximum absolute atomic E-state index is 10.8. The van der Waals surface area contributed by atoms with E-state index < -0.39 is 4.92 Å². The fraction of sp³-hybridized carbons (Fsp3) is 0.455. The van der Waals surface area contributed by atoms with E-state index in [4.69, 9.17) is 4.74 Å². The van der Waals surface area contributed by atoms with Gasteiger partial charge < -0.3 is 4.74 Å². The van der Waals surface area contributed by atoms with Crippen molar-refractivity contribution in [3.05, 3.63) is 33.9 Å². The second kappa shape index (κ2) is 3.88. The highest BCUT2D eigenvalue weighted by molar-refractivity contribution is 5.48. The number of nitro groups is 1. The molecule has 0 radical (unpaired) electrons. The van der Waals surface area contributed by atoms with Crippen LogP contribution in [0.1, 0.15) is 18.4 Å². The van der Waals surface area contributed by atoms with E-state index in [1.165, 1.54) is 12.8 Å². The molecule has 1 aromatic rings. The summed E-state index contributed by atoms with van der Waals surface area (Å²) in [4.78, 5) is 10.4. The van der Waals surface area contributed by atoms with Crippen molar-refractivity contribution in [1.82, 2.24) is 0 Å². The Labute approximate surface area is 88.0 Å². The van der Waals surface area contributed by atoms with Crippen LogP contribution < -0.4 is 4.74 Å². The zero-order chi connectivity index (χ0) is 10.8. The molecule has 1 fully saturated rings. The lowest BCUT2D eigenvalue weighted by Gasteiger charge is -2.05. The highest BCUT2D eigenvalue weighted by Gasteiger charge is 2.23. The second-order valence-corrected chi connectivity index (χ2v) is 3.98. The summed E-state index contributed by atoms with van der Waals surface area (Å²) >= 11 is 0. The van der Waals surface area contributed by atoms with E-state index in [0.29, 0.717) is 18.3 Å². The van der Waals surface area contributed by atoms with Gasteiger partial charge in [-0.2, -0.15) is 0 Å². The third-order valence-electron chi connectivity index (χ3n) is 2.48. The molecule has 4 heteroatoms. The molecule has 0 unspecified atom stereocenters. The summed E-state index contributed by atoms with van der Waals surface area (Å²) in [5, 5.41) is 10.8. The van der Waals surface area contributed by atoms with Crippen molar-refractivity contribution in [3.63, 3.8) is 0 Å². The van der Waals surface area contributed by atoms with Crippen LogP contribution in [-0.4, -0.2) is 11.5 Å². The third-order valence-corrected chi connectivity index (χ3v) is 2.48. The number of nitrogens with zero attached hydrogens (tertiary/aromatic N) is 1. The number of ether oxygens (including phenoxy) is 1. The van der Waals surface area contributed by atoms with Crippen molar-refractivity contribution >= 4 is 5.69 Å². The van der Waals surface area contributed by atoms with Crippen molar-refractivity contribution < 1.29 is 9.66 Å². The summed E-state index contributed by atoms with van der Waals surface area (Å²) in [7, 11) is 0. The van der Waals surface area contributed by atoms with Crippen LogP contribution in [0.3, 0.4) is 0 Å². The number of rotatable bonds is 4. The quantitative estimate of drug-likeness (QED) is 0.563. The van der Waals surface area contributed by atoms with Crippen LogP contribution in [-0.2, 0) is 0 Å². The highest BCUT2D eigenvalue weighted by atomic mass is 16.6. The first-order valence-electron chi connectivity index (χ1n) is 5.04. The molecule has 2 rings (SSSR count). The van der Waals surface area contributed by atoms with Crippen LogP contribution in [0.4, 0.5) is 5.69 Å². The van der Waals surface area contributed by atoms with Gasteiger partial charge in [-0.25, -0.2) is 0 Å². The summed E-state index contributed by atoms with van der Waals surface area (Å²) in [5.74, 6) is 0.989. The molecule has 0 aliphatic heterocycles. The summed E-state index contributed by atoms with van der Waals surface area (Å²) in [5.41, 5.74) is 0.941. The average molecular weight is 207 g/mol. The Morgan fingerprint density at radius 3 is 2.87 bits per heavy atom. The molecule has 0 heterocycles. The predicted octanol–water partition coefficient (Wildman–Crippen LogP) is 2.69. The zero-order valence-corrected chi connectivity index (χ0v) is 8.60. The number of nitro benzene ring substituents is 1. The lowest BCUT2D eigenvalue weighted by atomic mass is 10.2. The van der Waals surface area contributed by atoms with Crippen LogP contribution >= 0.6 is 0 Å². The van der Waals surface area contributed by atoms with E-state index in [-0.39, 0.29) is 5.69 Å². The van der Waals surface area contributed by atoms with Crippen LogP contribution in [0, 0.1) is 23.0 Å². The van der Waals surface area contributed by atoms with Crippen molar-refractivity contribution in [2.24, 2.45) is 5.92 Å². The van der Waals surface area contributed by atoms with Gasteiger partial charge in [-0.3, -0.25) is 10.1 Å². The molecule has 1 aliphatic rings. The van der Waals surface area contributed by atoms with Crippen LogP contribution in [0.25, 0.3) is 0 Å². The van der Waals surface area contributed by atoms with Crippen molar-refractivity contribution in [3.8, 4) is 5.75 Å². The second-order valence-electron chi connectivity index (χ2n) is 3.98. The minimum atomic E-state index is -0.394. The van der Waals surface area contributed by atoms with Crippen LogP contribution in [0.15, 0.2) is 18.2 Å². The maximum Gasteiger partial charge on any atom is 0.311 e. The van der Waals surface area contributed by atoms with Gasteiger partial charge >= 0.3 is 5.69 Å². The molecule has 0 N–H and O–H groups in total. The Bertz CT molecular complexity index is 385.